The average Bonchev–Trinajstić information content (AvgIpc) is 3.41. The largest absolute Gasteiger partial charge is 0.480 e. The van der Waals surface area contributed by atoms with Crippen molar-refractivity contribution in [3.05, 3.63) is 80.1 Å². The number of halogens is 2. The predicted molar refractivity (Wildman–Crippen MR) is 154 cm³/mol. The molecule has 0 N–H and O–H groups in total. The van der Waals surface area contributed by atoms with Gasteiger partial charge in [0.25, 0.3) is 11.5 Å². The lowest BCUT2D eigenvalue weighted by atomic mass is 10.0. The second-order valence-corrected chi connectivity index (χ2v) is 9.87. The quantitative estimate of drug-likeness (QED) is 0.318. The maximum atomic E-state index is 14.0. The number of benzene rings is 1. The van der Waals surface area contributed by atoms with E-state index in [-0.39, 0.29) is 48.4 Å². The highest BCUT2D eigenvalue weighted by atomic mass is 35.5. The van der Waals surface area contributed by atoms with Crippen LogP contribution >= 0.6 is 36.7 Å². The summed E-state index contributed by atoms with van der Waals surface area (Å²) in [5, 5.41) is 0.864. The fraction of sp³-hybridized carbons (Fsp3) is 0.269. The highest BCUT2D eigenvalue weighted by Gasteiger charge is 2.46. The molecule has 39 heavy (non-hydrogen) atoms. The lowest BCUT2D eigenvalue weighted by molar-refractivity contribution is 0.0989. The molecule has 13 heteroatoms. The van der Waals surface area contributed by atoms with Crippen molar-refractivity contribution >= 4 is 48.3 Å². The van der Waals surface area contributed by atoms with Crippen LogP contribution in [0.5, 0.6) is 11.9 Å². The van der Waals surface area contributed by atoms with Crippen LogP contribution in [0.4, 0.5) is 5.69 Å². The van der Waals surface area contributed by atoms with Crippen molar-refractivity contribution in [2.45, 2.75) is 25.9 Å². The number of fused-ring (bicyclic) bond motifs is 1. The van der Waals surface area contributed by atoms with Gasteiger partial charge < -0.3 is 18.6 Å². The van der Waals surface area contributed by atoms with E-state index in [0.717, 1.165) is 5.56 Å². The summed E-state index contributed by atoms with van der Waals surface area (Å²) in [6.45, 7) is 3.96. The van der Waals surface area contributed by atoms with Crippen molar-refractivity contribution < 1.29 is 14.3 Å². The molecule has 5 rings (SSSR count). The second-order valence-electron chi connectivity index (χ2n) is 9.00. The molecule has 0 saturated heterocycles. The van der Waals surface area contributed by atoms with Crippen molar-refractivity contribution in [3.63, 3.8) is 0 Å². The smallest absolute Gasteiger partial charge is 0.319 e. The van der Waals surface area contributed by atoms with E-state index < -0.39 is 11.9 Å². The van der Waals surface area contributed by atoms with Gasteiger partial charge in [0.15, 0.2) is 5.69 Å². The molecule has 204 valence electrons. The normalized spacial score (nSPS) is 14.4. The van der Waals surface area contributed by atoms with E-state index in [9.17, 15) is 9.59 Å². The molecule has 1 amide bonds. The molecule has 0 bridgehead atoms. The van der Waals surface area contributed by atoms with Crippen LogP contribution < -0.4 is 19.9 Å². The number of ether oxygens (including phenoxy) is 2. The van der Waals surface area contributed by atoms with Gasteiger partial charge in [0, 0.05) is 30.5 Å². The first-order valence-electron chi connectivity index (χ1n) is 11.7. The summed E-state index contributed by atoms with van der Waals surface area (Å²) in [6.07, 6.45) is 3.05. The summed E-state index contributed by atoms with van der Waals surface area (Å²) in [7, 11) is 4.53. The van der Waals surface area contributed by atoms with E-state index in [4.69, 9.17) is 37.7 Å². The van der Waals surface area contributed by atoms with E-state index in [2.05, 4.69) is 9.97 Å². The van der Waals surface area contributed by atoms with Gasteiger partial charge in [-0.15, -0.1) is 0 Å². The number of hydrogen-bond acceptors (Lipinski definition) is 7. The van der Waals surface area contributed by atoms with Crippen molar-refractivity contribution in [3.8, 4) is 23.3 Å². The number of aromatic nitrogens is 5. The SMILES string of the molecule is COc1ncc(-c2nc3c(n2C(C)C)[C@@H](c2ccc(Cl)cc2)N(c2cc(Cl)cn(C)c2=O)C3=O)c(OC)n1.S. The molecule has 0 unspecified atom stereocenters. The topological polar surface area (TPSA) is 104 Å². The lowest BCUT2D eigenvalue weighted by Gasteiger charge is -2.28. The van der Waals surface area contributed by atoms with Gasteiger partial charge in [-0.05, 0) is 37.6 Å². The Hall–Kier alpha value is -3.54. The van der Waals surface area contributed by atoms with E-state index in [0.29, 0.717) is 27.1 Å². The number of carbonyl (C=O) groups excluding carboxylic acids is 1. The monoisotopic (exact) mass is 588 g/mol. The van der Waals surface area contributed by atoms with Gasteiger partial charge in [-0.25, -0.2) is 9.97 Å². The summed E-state index contributed by atoms with van der Waals surface area (Å²) in [5.41, 5.74) is 1.83. The molecule has 4 heterocycles. The van der Waals surface area contributed by atoms with Crippen LogP contribution in [0.3, 0.4) is 0 Å². The van der Waals surface area contributed by atoms with Crippen LogP contribution in [0.2, 0.25) is 10.0 Å². The zero-order valence-electron chi connectivity index (χ0n) is 21.8. The van der Waals surface area contributed by atoms with Crippen molar-refractivity contribution in [1.82, 2.24) is 24.1 Å². The van der Waals surface area contributed by atoms with Crippen LogP contribution in [0.25, 0.3) is 11.4 Å². The number of anilines is 1. The minimum Gasteiger partial charge on any atom is -0.480 e. The number of imidazole rings is 1. The number of carbonyl (C=O) groups is 1. The minimum absolute atomic E-state index is 0. The highest BCUT2D eigenvalue weighted by Crippen LogP contribution is 2.45. The fourth-order valence-corrected chi connectivity index (χ4v) is 5.09. The molecule has 10 nitrogen and oxygen atoms in total. The Kier molecular flexibility index (Phi) is 7.97. The molecule has 3 aromatic heterocycles. The lowest BCUT2D eigenvalue weighted by Crippen LogP contribution is -2.36. The molecule has 4 aromatic rings. The number of pyridine rings is 1. The number of amides is 1. The number of methoxy groups -OCH3 is 2. The van der Waals surface area contributed by atoms with Gasteiger partial charge in [0.1, 0.15) is 17.6 Å². The van der Waals surface area contributed by atoms with E-state index >= 15 is 0 Å². The molecule has 0 radical (unpaired) electrons. The van der Waals surface area contributed by atoms with Crippen LogP contribution in [-0.2, 0) is 7.05 Å². The van der Waals surface area contributed by atoms with E-state index in [1.54, 1.807) is 25.4 Å². The zero-order chi connectivity index (χ0) is 27.3. The second kappa shape index (κ2) is 10.9. The van der Waals surface area contributed by atoms with Crippen LogP contribution in [0, 0.1) is 0 Å². The van der Waals surface area contributed by atoms with Crippen molar-refractivity contribution in [2.24, 2.45) is 7.05 Å². The number of hydrogen-bond donors (Lipinski definition) is 0. The Balaban J connectivity index is 0.00000353. The first-order chi connectivity index (χ1) is 18.2. The summed E-state index contributed by atoms with van der Waals surface area (Å²) in [6, 6.07) is 7.94. The third-order valence-corrected chi connectivity index (χ3v) is 6.79. The number of nitrogens with zero attached hydrogens (tertiary/aromatic N) is 6. The van der Waals surface area contributed by atoms with E-state index in [1.165, 1.54) is 35.9 Å². The molecule has 0 saturated carbocycles. The van der Waals surface area contributed by atoms with Gasteiger partial charge in [-0.2, -0.15) is 18.5 Å². The molecular weight excluding hydrogens is 563 g/mol. The summed E-state index contributed by atoms with van der Waals surface area (Å²) < 4.78 is 13.9. The summed E-state index contributed by atoms with van der Waals surface area (Å²) in [4.78, 5) is 42.0. The van der Waals surface area contributed by atoms with Gasteiger partial charge in [-0.1, -0.05) is 35.3 Å². The van der Waals surface area contributed by atoms with Gasteiger partial charge in [0.2, 0.25) is 5.88 Å². The zero-order valence-corrected chi connectivity index (χ0v) is 24.3. The van der Waals surface area contributed by atoms with Crippen molar-refractivity contribution in [1.29, 1.82) is 0 Å². The molecule has 1 aliphatic heterocycles. The standard InChI is InChI=1S/C26H24Cl2N6O4.H2S/c1-13(2)33-21-19(30-22(33)17-11-29-26(38-5)31-23(17)37-4)25(36)34(18-10-16(28)12-32(3)24(18)35)20(21)14-6-8-15(27)9-7-14;/h6-13,20H,1-5H3;1H2/t20-;/m1./s1. The molecule has 1 aromatic carbocycles. The fourth-order valence-electron chi connectivity index (χ4n) is 4.72. The molecular formula is C26H26Cl2N6O4S. The maximum absolute atomic E-state index is 14.0. The van der Waals surface area contributed by atoms with E-state index in [1.807, 2.05) is 30.5 Å². The van der Waals surface area contributed by atoms with Crippen LogP contribution in [0.1, 0.15) is 47.7 Å². The van der Waals surface area contributed by atoms with Gasteiger partial charge in [-0.3, -0.25) is 14.5 Å². The van der Waals surface area contributed by atoms with Gasteiger partial charge in [0.05, 0.1) is 30.5 Å². The molecule has 1 atom stereocenters. The minimum atomic E-state index is -0.685. The van der Waals surface area contributed by atoms with Crippen molar-refractivity contribution in [2.75, 3.05) is 19.1 Å². The predicted octanol–water partition coefficient (Wildman–Crippen LogP) is 4.81. The van der Waals surface area contributed by atoms with Crippen LogP contribution in [0.15, 0.2) is 47.5 Å². The maximum Gasteiger partial charge on any atom is 0.319 e. The van der Waals surface area contributed by atoms with Crippen LogP contribution in [-0.4, -0.2) is 44.2 Å². The number of rotatable bonds is 6. The Morgan fingerprint density at radius 3 is 2.31 bits per heavy atom. The molecule has 0 spiro atoms. The Morgan fingerprint density at radius 2 is 1.69 bits per heavy atom. The number of aryl methyl sites for hydroxylation is 1. The average molecular weight is 590 g/mol. The third-order valence-electron chi connectivity index (χ3n) is 6.33. The molecule has 0 fully saturated rings. The Bertz CT molecular complexity index is 1620. The summed E-state index contributed by atoms with van der Waals surface area (Å²) >= 11 is 12.5. The third kappa shape index (κ3) is 4.75. The van der Waals surface area contributed by atoms with Gasteiger partial charge >= 0.3 is 6.01 Å². The molecule has 1 aliphatic rings. The summed E-state index contributed by atoms with van der Waals surface area (Å²) in [5.74, 6) is 0.266. The first-order valence-corrected chi connectivity index (χ1v) is 12.4. The Morgan fingerprint density at radius 1 is 1.00 bits per heavy atom. The molecule has 0 aliphatic carbocycles. The highest BCUT2D eigenvalue weighted by molar-refractivity contribution is 7.59. The first kappa shape index (κ1) is 28.5. The Labute approximate surface area is 241 Å².